The third kappa shape index (κ3) is 4.41. The zero-order chi connectivity index (χ0) is 16.2. The molecule has 116 valence electrons. The normalized spacial score (nSPS) is 10.9. The summed E-state index contributed by atoms with van der Waals surface area (Å²) in [5.74, 6) is 1.02. The molecule has 0 aliphatic rings. The fourth-order valence-electron chi connectivity index (χ4n) is 1.76. The number of para-hydroxylation sites is 4. The first-order valence-corrected chi connectivity index (χ1v) is 6.96. The Labute approximate surface area is 130 Å². The van der Waals surface area contributed by atoms with Crippen molar-refractivity contribution in [2.24, 2.45) is 0 Å². The van der Waals surface area contributed by atoms with E-state index in [1.807, 2.05) is 18.2 Å². The summed E-state index contributed by atoms with van der Waals surface area (Å²) in [6, 6.07) is 14.3. The zero-order valence-corrected chi connectivity index (χ0v) is 12.9. The Hall–Kier alpha value is -2.69. The standard InChI is InChI=1S/C17H20N2O3/c1-17(2,3)22-16(20)19-13-9-5-7-11-15(13)21-14-10-6-4-8-12(14)18/h4-11H,18H2,1-3H3,(H,19,20). The molecule has 0 aliphatic carbocycles. The number of nitrogens with one attached hydrogen (secondary N) is 1. The second kappa shape index (κ2) is 6.39. The van der Waals surface area contributed by atoms with E-state index >= 15 is 0 Å². The molecule has 0 aliphatic heterocycles. The van der Waals surface area contributed by atoms with Crippen LogP contribution in [0.4, 0.5) is 16.2 Å². The fourth-order valence-corrected chi connectivity index (χ4v) is 1.76. The van der Waals surface area contributed by atoms with Crippen molar-refractivity contribution in [1.29, 1.82) is 0 Å². The van der Waals surface area contributed by atoms with E-state index in [1.54, 1.807) is 51.1 Å². The molecule has 0 saturated heterocycles. The van der Waals surface area contributed by atoms with Crippen molar-refractivity contribution in [3.63, 3.8) is 0 Å². The maximum absolute atomic E-state index is 11.9. The number of hydrogen-bond acceptors (Lipinski definition) is 4. The summed E-state index contributed by atoms with van der Waals surface area (Å²) in [7, 11) is 0. The lowest BCUT2D eigenvalue weighted by Gasteiger charge is -2.20. The van der Waals surface area contributed by atoms with Gasteiger partial charge in [-0.1, -0.05) is 24.3 Å². The molecule has 0 heterocycles. The van der Waals surface area contributed by atoms with Crippen LogP contribution in [0.1, 0.15) is 20.8 Å². The first-order chi connectivity index (χ1) is 10.3. The van der Waals surface area contributed by atoms with Crippen LogP contribution in [0.3, 0.4) is 0 Å². The molecule has 2 aromatic rings. The molecule has 0 saturated carbocycles. The molecule has 3 N–H and O–H groups in total. The first kappa shape index (κ1) is 15.7. The van der Waals surface area contributed by atoms with Crippen molar-refractivity contribution in [2.45, 2.75) is 26.4 Å². The van der Waals surface area contributed by atoms with Crippen molar-refractivity contribution in [2.75, 3.05) is 11.1 Å². The maximum Gasteiger partial charge on any atom is 0.412 e. The molecule has 5 heteroatoms. The minimum absolute atomic E-state index is 0.492. The van der Waals surface area contributed by atoms with Gasteiger partial charge in [0, 0.05) is 0 Å². The highest BCUT2D eigenvalue weighted by molar-refractivity contribution is 5.87. The predicted molar refractivity (Wildman–Crippen MR) is 87.2 cm³/mol. The number of ether oxygens (including phenoxy) is 2. The van der Waals surface area contributed by atoms with E-state index in [1.165, 1.54) is 0 Å². The number of nitrogen functional groups attached to an aromatic ring is 1. The van der Waals surface area contributed by atoms with Gasteiger partial charge in [-0.15, -0.1) is 0 Å². The number of rotatable bonds is 3. The Morgan fingerprint density at radius 2 is 1.59 bits per heavy atom. The number of benzene rings is 2. The molecule has 0 spiro atoms. The van der Waals surface area contributed by atoms with Gasteiger partial charge in [-0.2, -0.15) is 0 Å². The maximum atomic E-state index is 11.9. The van der Waals surface area contributed by atoms with Gasteiger partial charge in [0.25, 0.3) is 0 Å². The van der Waals surface area contributed by atoms with Crippen LogP contribution in [-0.4, -0.2) is 11.7 Å². The van der Waals surface area contributed by atoms with E-state index in [0.29, 0.717) is 22.9 Å². The Kier molecular flexibility index (Phi) is 4.56. The summed E-state index contributed by atoms with van der Waals surface area (Å²) in [5, 5.41) is 2.68. The minimum atomic E-state index is -0.566. The Morgan fingerprint density at radius 3 is 2.23 bits per heavy atom. The van der Waals surface area contributed by atoms with E-state index in [4.69, 9.17) is 15.2 Å². The summed E-state index contributed by atoms with van der Waals surface area (Å²) >= 11 is 0. The lowest BCUT2D eigenvalue weighted by Crippen LogP contribution is -2.27. The Bertz CT molecular complexity index is 663. The zero-order valence-electron chi connectivity index (χ0n) is 12.9. The van der Waals surface area contributed by atoms with Gasteiger partial charge < -0.3 is 15.2 Å². The van der Waals surface area contributed by atoms with E-state index in [-0.39, 0.29) is 0 Å². The molecular weight excluding hydrogens is 280 g/mol. The average molecular weight is 300 g/mol. The van der Waals surface area contributed by atoms with Crippen molar-refractivity contribution >= 4 is 17.5 Å². The lowest BCUT2D eigenvalue weighted by atomic mass is 10.2. The van der Waals surface area contributed by atoms with Crippen LogP contribution in [0.5, 0.6) is 11.5 Å². The topological polar surface area (TPSA) is 73.6 Å². The highest BCUT2D eigenvalue weighted by Crippen LogP contribution is 2.32. The van der Waals surface area contributed by atoms with Crippen LogP contribution in [0.25, 0.3) is 0 Å². The molecule has 5 nitrogen and oxygen atoms in total. The Morgan fingerprint density at radius 1 is 1.00 bits per heavy atom. The molecule has 0 bridgehead atoms. The second-order valence-corrected chi connectivity index (χ2v) is 5.76. The van der Waals surface area contributed by atoms with E-state index < -0.39 is 11.7 Å². The van der Waals surface area contributed by atoms with Crippen LogP contribution < -0.4 is 15.8 Å². The van der Waals surface area contributed by atoms with Crippen LogP contribution in [0.2, 0.25) is 0 Å². The summed E-state index contributed by atoms with van der Waals surface area (Å²) < 4.78 is 11.0. The van der Waals surface area contributed by atoms with Gasteiger partial charge >= 0.3 is 6.09 Å². The van der Waals surface area contributed by atoms with Crippen molar-refractivity contribution in [3.8, 4) is 11.5 Å². The quantitative estimate of drug-likeness (QED) is 0.823. The molecular formula is C17H20N2O3. The van der Waals surface area contributed by atoms with E-state index in [0.717, 1.165) is 0 Å². The smallest absolute Gasteiger partial charge is 0.412 e. The van der Waals surface area contributed by atoms with Crippen molar-refractivity contribution in [3.05, 3.63) is 48.5 Å². The molecule has 0 fully saturated rings. The number of carbonyl (C=O) groups excluding carboxylic acids is 1. The number of hydrogen-bond donors (Lipinski definition) is 2. The number of anilines is 2. The second-order valence-electron chi connectivity index (χ2n) is 5.76. The molecule has 22 heavy (non-hydrogen) atoms. The van der Waals surface area contributed by atoms with Gasteiger partial charge in [0.05, 0.1) is 11.4 Å². The summed E-state index contributed by atoms with van der Waals surface area (Å²) in [5.41, 5.74) is 6.34. The lowest BCUT2D eigenvalue weighted by molar-refractivity contribution is 0.0635. The molecule has 1 amide bonds. The van der Waals surface area contributed by atoms with Gasteiger partial charge in [0.2, 0.25) is 0 Å². The largest absolute Gasteiger partial charge is 0.453 e. The molecule has 2 aromatic carbocycles. The SMILES string of the molecule is CC(C)(C)OC(=O)Nc1ccccc1Oc1ccccc1N. The average Bonchev–Trinajstić information content (AvgIpc) is 2.41. The Balaban J connectivity index is 2.17. The van der Waals surface area contributed by atoms with E-state index in [9.17, 15) is 4.79 Å². The molecule has 0 unspecified atom stereocenters. The molecule has 2 rings (SSSR count). The number of carbonyl (C=O) groups is 1. The van der Waals surface area contributed by atoms with Crippen LogP contribution in [-0.2, 0) is 4.74 Å². The van der Waals surface area contributed by atoms with Gasteiger partial charge in [0.15, 0.2) is 5.75 Å². The van der Waals surface area contributed by atoms with Crippen LogP contribution >= 0.6 is 0 Å². The molecule has 0 aromatic heterocycles. The molecule has 0 radical (unpaired) electrons. The first-order valence-electron chi connectivity index (χ1n) is 6.96. The van der Waals surface area contributed by atoms with Crippen LogP contribution in [0, 0.1) is 0 Å². The number of nitrogens with two attached hydrogens (primary N) is 1. The van der Waals surface area contributed by atoms with Crippen molar-refractivity contribution < 1.29 is 14.3 Å². The minimum Gasteiger partial charge on any atom is -0.453 e. The highest BCUT2D eigenvalue weighted by Gasteiger charge is 2.17. The number of amides is 1. The third-order valence-electron chi connectivity index (χ3n) is 2.66. The van der Waals surface area contributed by atoms with Gasteiger partial charge in [-0.3, -0.25) is 5.32 Å². The summed E-state index contributed by atoms with van der Waals surface area (Å²) in [4.78, 5) is 11.9. The predicted octanol–water partition coefficient (Wildman–Crippen LogP) is 4.41. The van der Waals surface area contributed by atoms with Gasteiger partial charge in [-0.05, 0) is 45.0 Å². The monoisotopic (exact) mass is 300 g/mol. The molecule has 0 atom stereocenters. The summed E-state index contributed by atoms with van der Waals surface area (Å²) in [6.45, 7) is 5.42. The van der Waals surface area contributed by atoms with E-state index in [2.05, 4.69) is 5.32 Å². The highest BCUT2D eigenvalue weighted by atomic mass is 16.6. The van der Waals surface area contributed by atoms with Crippen molar-refractivity contribution in [1.82, 2.24) is 0 Å². The van der Waals surface area contributed by atoms with Crippen LogP contribution in [0.15, 0.2) is 48.5 Å². The summed E-state index contributed by atoms with van der Waals surface area (Å²) in [6.07, 6.45) is -0.537. The van der Waals surface area contributed by atoms with Gasteiger partial charge in [-0.25, -0.2) is 4.79 Å². The van der Waals surface area contributed by atoms with Gasteiger partial charge in [0.1, 0.15) is 11.4 Å². The third-order valence-corrected chi connectivity index (χ3v) is 2.66. The fraction of sp³-hybridized carbons (Fsp3) is 0.235.